The number of hydroxylamine groups is 2. The highest BCUT2D eigenvalue weighted by atomic mass is 17.0. The Bertz CT molecular complexity index is 267. The van der Waals surface area contributed by atoms with Crippen molar-refractivity contribution in [3.8, 4) is 0 Å². The lowest BCUT2D eigenvalue weighted by atomic mass is 9.96. The lowest BCUT2D eigenvalue weighted by molar-refractivity contribution is -0.143. The molecule has 1 atom stereocenters. The van der Waals surface area contributed by atoms with Crippen LogP contribution >= 0.6 is 0 Å². The van der Waals surface area contributed by atoms with Crippen molar-refractivity contribution in [2.45, 2.75) is 63.5 Å². The molecule has 2 rings (SSSR count). The molecule has 5 heteroatoms. The summed E-state index contributed by atoms with van der Waals surface area (Å²) < 4.78 is 0. The zero-order valence-corrected chi connectivity index (χ0v) is 11.1. The van der Waals surface area contributed by atoms with Crippen LogP contribution in [0.1, 0.15) is 51.4 Å². The van der Waals surface area contributed by atoms with Gasteiger partial charge in [0, 0.05) is 6.04 Å². The zero-order chi connectivity index (χ0) is 12.8. The Hall–Kier alpha value is -0.460. The minimum absolute atomic E-state index is 0.0119. The first-order valence-corrected chi connectivity index (χ1v) is 6.99. The average molecular weight is 253 g/mol. The fraction of sp³-hybridized carbons (Fsp3) is 0.846. The molecular formula is C13H23N3O2-2. The summed E-state index contributed by atoms with van der Waals surface area (Å²) in [4.78, 5) is 5.00. The number of hydrogen-bond acceptors (Lipinski definition) is 4. The van der Waals surface area contributed by atoms with Crippen LogP contribution in [0.2, 0.25) is 0 Å². The van der Waals surface area contributed by atoms with E-state index in [0.717, 1.165) is 44.9 Å². The molecule has 0 heterocycles. The molecule has 0 amide bonds. The monoisotopic (exact) mass is 253 g/mol. The molecule has 0 aliphatic heterocycles. The Morgan fingerprint density at radius 2 is 1.89 bits per heavy atom. The maximum atomic E-state index is 11.7. The molecule has 0 aromatic carbocycles. The van der Waals surface area contributed by atoms with E-state index in [4.69, 9.17) is 4.94 Å². The molecule has 0 N–H and O–H groups in total. The van der Waals surface area contributed by atoms with Crippen LogP contribution in [0.25, 0.3) is 5.59 Å². The normalized spacial score (nSPS) is 26.1. The second kappa shape index (κ2) is 7.21. The van der Waals surface area contributed by atoms with Crippen LogP contribution in [-0.2, 0) is 4.94 Å². The molecule has 104 valence electrons. The van der Waals surface area contributed by atoms with E-state index >= 15 is 0 Å². The van der Waals surface area contributed by atoms with Gasteiger partial charge in [-0.1, -0.05) is 31.4 Å². The molecule has 0 aromatic rings. The zero-order valence-electron chi connectivity index (χ0n) is 11.1. The predicted molar refractivity (Wildman–Crippen MR) is 71.1 cm³/mol. The molecule has 0 bridgehead atoms. The minimum Gasteiger partial charge on any atom is -0.763 e. The van der Waals surface area contributed by atoms with Crippen molar-refractivity contribution in [1.82, 2.24) is 10.2 Å². The summed E-state index contributed by atoms with van der Waals surface area (Å²) in [7, 11) is 1.87. The number of nitrogens with zero attached hydrogens (tertiary/aromatic N) is 3. The highest BCUT2D eigenvalue weighted by molar-refractivity contribution is 4.94. The molecule has 0 saturated heterocycles. The van der Waals surface area contributed by atoms with Crippen molar-refractivity contribution in [3.05, 3.63) is 22.9 Å². The third kappa shape index (κ3) is 4.03. The van der Waals surface area contributed by atoms with Gasteiger partial charge in [0.2, 0.25) is 0 Å². The Labute approximate surface area is 109 Å². The molecule has 5 nitrogen and oxygen atoms in total. The largest absolute Gasteiger partial charge is 0.763 e. The maximum Gasteiger partial charge on any atom is 0.0202 e. The first kappa shape index (κ1) is 14.0. The van der Waals surface area contributed by atoms with Gasteiger partial charge in [0.1, 0.15) is 0 Å². The standard InChI is InChI=1S/C13H23N3O2/c1-15(12-8-4-2-5-9-12)14-18-16(17)13-10-6-3-7-11-13/h2,4,12-13H,3,5-11H2,1H3/q-2. The summed E-state index contributed by atoms with van der Waals surface area (Å²) in [5.41, 5.74) is 3.94. The molecular weight excluding hydrogens is 230 g/mol. The van der Waals surface area contributed by atoms with Crippen molar-refractivity contribution in [1.29, 1.82) is 0 Å². The smallest absolute Gasteiger partial charge is 0.0202 e. The van der Waals surface area contributed by atoms with Crippen LogP contribution in [0.5, 0.6) is 0 Å². The van der Waals surface area contributed by atoms with Gasteiger partial charge in [-0.2, -0.15) is 0 Å². The Morgan fingerprint density at radius 1 is 1.11 bits per heavy atom. The molecule has 18 heavy (non-hydrogen) atoms. The predicted octanol–water partition coefficient (Wildman–Crippen LogP) is 3.29. The van der Waals surface area contributed by atoms with Crippen LogP contribution in [0.4, 0.5) is 0 Å². The van der Waals surface area contributed by atoms with Gasteiger partial charge < -0.3 is 20.7 Å². The number of hydrogen-bond donors (Lipinski definition) is 0. The van der Waals surface area contributed by atoms with E-state index in [1.807, 2.05) is 7.05 Å². The van der Waals surface area contributed by atoms with Crippen molar-refractivity contribution >= 4 is 0 Å². The topological polar surface area (TPSA) is 52.9 Å². The van der Waals surface area contributed by atoms with Crippen LogP contribution in [0, 0.1) is 5.21 Å². The molecule has 1 fully saturated rings. The van der Waals surface area contributed by atoms with Crippen LogP contribution in [0.3, 0.4) is 0 Å². The van der Waals surface area contributed by atoms with E-state index in [2.05, 4.69) is 17.7 Å². The van der Waals surface area contributed by atoms with Gasteiger partial charge in [0.05, 0.1) is 0 Å². The third-order valence-electron chi connectivity index (χ3n) is 3.89. The SMILES string of the molecule is CN([N-]ON([O-])C1CCCCC1)C1CC=CCC1. The lowest BCUT2D eigenvalue weighted by Gasteiger charge is -2.48. The highest BCUT2D eigenvalue weighted by Gasteiger charge is 2.14. The molecule has 0 aromatic heterocycles. The van der Waals surface area contributed by atoms with Crippen LogP contribution in [-0.4, -0.2) is 29.4 Å². The van der Waals surface area contributed by atoms with Gasteiger partial charge in [-0.25, -0.2) is 0 Å². The van der Waals surface area contributed by atoms with Gasteiger partial charge >= 0.3 is 0 Å². The second-order valence-electron chi connectivity index (χ2n) is 5.25. The molecule has 2 aliphatic carbocycles. The summed E-state index contributed by atoms with van der Waals surface area (Å²) in [6, 6.07) is 0.344. The van der Waals surface area contributed by atoms with E-state index in [1.165, 1.54) is 6.42 Å². The van der Waals surface area contributed by atoms with Crippen molar-refractivity contribution in [3.63, 3.8) is 0 Å². The number of allylic oxidation sites excluding steroid dienone is 1. The second-order valence-corrected chi connectivity index (χ2v) is 5.25. The van der Waals surface area contributed by atoms with Crippen molar-refractivity contribution < 1.29 is 4.94 Å². The van der Waals surface area contributed by atoms with Gasteiger partial charge in [-0.05, 0) is 45.2 Å². The summed E-state index contributed by atoms with van der Waals surface area (Å²) in [6.45, 7) is 0. The van der Waals surface area contributed by atoms with Gasteiger partial charge in [0.15, 0.2) is 0 Å². The lowest BCUT2D eigenvalue weighted by Crippen LogP contribution is -2.35. The van der Waals surface area contributed by atoms with Crippen LogP contribution < -0.4 is 0 Å². The van der Waals surface area contributed by atoms with Crippen molar-refractivity contribution in [2.75, 3.05) is 7.05 Å². The van der Waals surface area contributed by atoms with E-state index in [1.54, 1.807) is 5.01 Å². The molecule has 0 radical (unpaired) electrons. The minimum atomic E-state index is -0.0119. The molecule has 1 unspecified atom stereocenters. The third-order valence-corrected chi connectivity index (χ3v) is 3.89. The molecule has 2 aliphatic rings. The summed E-state index contributed by atoms with van der Waals surface area (Å²) in [5.74, 6) is 0. The first-order valence-electron chi connectivity index (χ1n) is 6.99. The summed E-state index contributed by atoms with van der Waals surface area (Å²) in [6.07, 6.45) is 12.8. The highest BCUT2D eigenvalue weighted by Crippen LogP contribution is 2.24. The fourth-order valence-electron chi connectivity index (χ4n) is 2.64. The van der Waals surface area contributed by atoms with E-state index in [-0.39, 0.29) is 6.04 Å². The van der Waals surface area contributed by atoms with Gasteiger partial charge in [-0.15, -0.1) is 0 Å². The molecule has 1 saturated carbocycles. The average Bonchev–Trinajstić information content (AvgIpc) is 2.46. The van der Waals surface area contributed by atoms with E-state index in [9.17, 15) is 5.21 Å². The quantitative estimate of drug-likeness (QED) is 0.557. The Morgan fingerprint density at radius 3 is 2.56 bits per heavy atom. The van der Waals surface area contributed by atoms with Crippen LogP contribution in [0.15, 0.2) is 12.2 Å². The Balaban J connectivity index is 1.67. The molecule has 0 spiro atoms. The maximum absolute atomic E-state index is 11.7. The number of rotatable bonds is 5. The van der Waals surface area contributed by atoms with Crippen molar-refractivity contribution in [2.24, 2.45) is 0 Å². The summed E-state index contributed by atoms with van der Waals surface area (Å²) in [5, 5.41) is 14.2. The van der Waals surface area contributed by atoms with E-state index in [0.29, 0.717) is 11.3 Å². The fourth-order valence-corrected chi connectivity index (χ4v) is 2.64. The summed E-state index contributed by atoms with van der Waals surface area (Å²) >= 11 is 0. The van der Waals surface area contributed by atoms with Gasteiger partial charge in [-0.3, -0.25) is 5.23 Å². The van der Waals surface area contributed by atoms with E-state index < -0.39 is 0 Å². The first-order chi connectivity index (χ1) is 8.77. The Kier molecular flexibility index (Phi) is 5.59. The van der Waals surface area contributed by atoms with Gasteiger partial charge in [0.25, 0.3) is 0 Å².